The Hall–Kier alpha value is -1.76. The van der Waals surface area contributed by atoms with E-state index in [0.29, 0.717) is 17.8 Å². The van der Waals surface area contributed by atoms with Crippen LogP contribution in [-0.2, 0) is 9.53 Å². The van der Waals surface area contributed by atoms with Gasteiger partial charge in [-0.3, -0.25) is 4.79 Å². The molecule has 0 spiro atoms. The van der Waals surface area contributed by atoms with Gasteiger partial charge in [0.1, 0.15) is 11.8 Å². The molecule has 0 aromatic rings. The van der Waals surface area contributed by atoms with Gasteiger partial charge in [0.15, 0.2) is 5.78 Å². The molecule has 21 heavy (non-hydrogen) atoms. The van der Waals surface area contributed by atoms with Crippen molar-refractivity contribution in [2.75, 3.05) is 0 Å². The van der Waals surface area contributed by atoms with Gasteiger partial charge in [-0.15, -0.1) is 0 Å². The lowest BCUT2D eigenvalue weighted by molar-refractivity contribution is -0.117. The molecule has 0 fully saturated rings. The number of ketones is 1. The normalized spacial score (nSPS) is 21.9. The molecule has 2 rings (SSSR count). The van der Waals surface area contributed by atoms with Gasteiger partial charge in [-0.2, -0.15) is 5.26 Å². The molecule has 4 heteroatoms. The Bertz CT molecular complexity index is 511. The number of nitrogens with zero attached hydrogens (tertiary/aromatic N) is 1. The van der Waals surface area contributed by atoms with Gasteiger partial charge in [-0.05, 0) is 12.8 Å². The highest BCUT2D eigenvalue weighted by molar-refractivity contribution is 5.98. The summed E-state index contributed by atoms with van der Waals surface area (Å²) in [5.74, 6) is 0.897. The molecule has 1 atom stereocenters. The van der Waals surface area contributed by atoms with Gasteiger partial charge in [0.2, 0.25) is 5.88 Å². The van der Waals surface area contributed by atoms with Crippen LogP contribution in [-0.4, -0.2) is 5.78 Å². The van der Waals surface area contributed by atoms with E-state index in [1.54, 1.807) is 0 Å². The molecule has 1 aliphatic carbocycles. The maximum Gasteiger partial charge on any atom is 0.204 e. The van der Waals surface area contributed by atoms with E-state index < -0.39 is 0 Å². The van der Waals surface area contributed by atoms with E-state index in [1.807, 2.05) is 0 Å². The van der Waals surface area contributed by atoms with Crippen molar-refractivity contribution in [3.05, 3.63) is 22.8 Å². The van der Waals surface area contributed by atoms with Crippen LogP contribution < -0.4 is 5.73 Å². The summed E-state index contributed by atoms with van der Waals surface area (Å²) in [4.78, 5) is 12.2. The Morgan fingerprint density at radius 3 is 2.76 bits per heavy atom. The van der Waals surface area contributed by atoms with Gasteiger partial charge in [0, 0.05) is 24.3 Å². The largest absolute Gasteiger partial charge is 0.444 e. The van der Waals surface area contributed by atoms with Crippen molar-refractivity contribution in [3.63, 3.8) is 0 Å². The Labute approximate surface area is 126 Å². The quantitative estimate of drug-likeness (QED) is 0.756. The summed E-state index contributed by atoms with van der Waals surface area (Å²) in [6, 6.07) is 2.15. The number of carbonyl (C=O) groups excluding carboxylic acids is 1. The predicted molar refractivity (Wildman–Crippen MR) is 80.7 cm³/mol. The Morgan fingerprint density at radius 2 is 2.05 bits per heavy atom. The summed E-state index contributed by atoms with van der Waals surface area (Å²) < 4.78 is 5.53. The highest BCUT2D eigenvalue weighted by Gasteiger charge is 2.36. The Kier molecular flexibility index (Phi) is 5.44. The minimum absolute atomic E-state index is 0.134. The molecular weight excluding hydrogens is 264 g/mol. The second kappa shape index (κ2) is 7.31. The fourth-order valence-electron chi connectivity index (χ4n) is 3.21. The third-order valence-electron chi connectivity index (χ3n) is 4.32. The molecule has 2 aliphatic rings. The molecule has 0 aromatic heterocycles. The fourth-order valence-corrected chi connectivity index (χ4v) is 3.21. The monoisotopic (exact) mass is 288 g/mol. The van der Waals surface area contributed by atoms with Gasteiger partial charge in [-0.1, -0.05) is 39.0 Å². The molecular formula is C17H24N2O2. The number of nitriles is 1. The van der Waals surface area contributed by atoms with E-state index in [-0.39, 0.29) is 17.6 Å². The first-order chi connectivity index (χ1) is 10.2. The minimum Gasteiger partial charge on any atom is -0.444 e. The predicted octanol–water partition coefficient (Wildman–Crippen LogP) is 3.69. The molecule has 4 nitrogen and oxygen atoms in total. The average molecular weight is 288 g/mol. The third kappa shape index (κ3) is 3.47. The summed E-state index contributed by atoms with van der Waals surface area (Å²) >= 11 is 0. The number of nitrogens with two attached hydrogens (primary N) is 1. The van der Waals surface area contributed by atoms with E-state index >= 15 is 0 Å². The zero-order valence-electron chi connectivity index (χ0n) is 12.8. The SMILES string of the molecule is CCCCCCC[C@H]1C(C#N)=C(N)OC2=C1C(=O)CCC2. The van der Waals surface area contributed by atoms with Crippen molar-refractivity contribution in [2.24, 2.45) is 11.7 Å². The van der Waals surface area contributed by atoms with Crippen LogP contribution in [0.4, 0.5) is 0 Å². The van der Waals surface area contributed by atoms with Gasteiger partial charge >= 0.3 is 0 Å². The van der Waals surface area contributed by atoms with Crippen LogP contribution in [0.15, 0.2) is 22.8 Å². The molecule has 0 amide bonds. The summed E-state index contributed by atoms with van der Waals surface area (Å²) in [5.41, 5.74) is 7.04. The number of hydrogen-bond acceptors (Lipinski definition) is 4. The maximum atomic E-state index is 12.2. The van der Waals surface area contributed by atoms with E-state index in [9.17, 15) is 10.1 Å². The molecule has 0 saturated carbocycles. The molecule has 1 heterocycles. The Balaban J connectivity index is 2.11. The molecule has 0 bridgehead atoms. The second-order valence-electron chi connectivity index (χ2n) is 5.86. The summed E-state index contributed by atoms with van der Waals surface area (Å²) in [7, 11) is 0. The number of carbonyl (C=O) groups is 1. The van der Waals surface area contributed by atoms with Crippen LogP contribution in [0.2, 0.25) is 0 Å². The van der Waals surface area contributed by atoms with Crippen LogP contribution >= 0.6 is 0 Å². The van der Waals surface area contributed by atoms with Crippen LogP contribution in [0.3, 0.4) is 0 Å². The lowest BCUT2D eigenvalue weighted by Gasteiger charge is -2.30. The van der Waals surface area contributed by atoms with Gasteiger partial charge < -0.3 is 10.5 Å². The molecule has 0 saturated heterocycles. The molecule has 1 aliphatic heterocycles. The van der Waals surface area contributed by atoms with E-state index in [2.05, 4.69) is 13.0 Å². The van der Waals surface area contributed by atoms with Crippen molar-refractivity contribution in [2.45, 2.75) is 64.7 Å². The fraction of sp³-hybridized carbons (Fsp3) is 0.647. The molecule has 114 valence electrons. The summed E-state index contributed by atoms with van der Waals surface area (Å²) in [5, 5.41) is 9.35. The minimum atomic E-state index is -0.145. The Morgan fingerprint density at radius 1 is 1.29 bits per heavy atom. The van der Waals surface area contributed by atoms with Gasteiger partial charge in [-0.25, -0.2) is 0 Å². The van der Waals surface area contributed by atoms with Crippen LogP contribution in [0.1, 0.15) is 64.7 Å². The van der Waals surface area contributed by atoms with Gasteiger partial charge in [0.05, 0.1) is 5.57 Å². The number of ether oxygens (including phenoxy) is 1. The molecule has 0 aromatic carbocycles. The topological polar surface area (TPSA) is 76.1 Å². The number of unbranched alkanes of at least 4 members (excludes halogenated alkanes) is 4. The van der Waals surface area contributed by atoms with Crippen molar-refractivity contribution in [3.8, 4) is 6.07 Å². The highest BCUT2D eigenvalue weighted by Crippen LogP contribution is 2.40. The number of Topliss-reactive ketones (excluding diaryl/α,β-unsaturated/α-hetero) is 1. The first-order valence-electron chi connectivity index (χ1n) is 8.02. The van der Waals surface area contributed by atoms with Gasteiger partial charge in [0.25, 0.3) is 0 Å². The molecule has 2 N–H and O–H groups in total. The first-order valence-corrected chi connectivity index (χ1v) is 8.02. The number of allylic oxidation sites excluding steroid dienone is 3. The summed E-state index contributed by atoms with van der Waals surface area (Å²) in [6.45, 7) is 2.19. The number of rotatable bonds is 6. The molecule has 0 radical (unpaired) electrons. The lowest BCUT2D eigenvalue weighted by atomic mass is 9.79. The van der Waals surface area contributed by atoms with Crippen molar-refractivity contribution in [1.29, 1.82) is 5.26 Å². The maximum absolute atomic E-state index is 12.2. The van der Waals surface area contributed by atoms with Crippen molar-refractivity contribution in [1.82, 2.24) is 0 Å². The third-order valence-corrected chi connectivity index (χ3v) is 4.32. The zero-order chi connectivity index (χ0) is 15.2. The van der Waals surface area contributed by atoms with E-state index in [0.717, 1.165) is 37.7 Å². The van der Waals surface area contributed by atoms with E-state index in [4.69, 9.17) is 10.5 Å². The number of hydrogen-bond donors (Lipinski definition) is 1. The standard InChI is InChI=1S/C17H24N2O2/c1-2-3-4-5-6-8-12-13(11-18)17(19)21-15-10-7-9-14(20)16(12)15/h12H,2-10,19H2,1H3/t12-/m0/s1. The van der Waals surface area contributed by atoms with Crippen LogP contribution in [0.25, 0.3) is 0 Å². The van der Waals surface area contributed by atoms with Crippen molar-refractivity contribution >= 4 is 5.78 Å². The highest BCUT2D eigenvalue weighted by atomic mass is 16.5. The summed E-state index contributed by atoms with van der Waals surface area (Å²) in [6.07, 6.45) is 8.77. The average Bonchev–Trinajstić information content (AvgIpc) is 2.46. The molecule has 0 unspecified atom stereocenters. The lowest BCUT2D eigenvalue weighted by Crippen LogP contribution is -2.28. The van der Waals surface area contributed by atoms with Crippen molar-refractivity contribution < 1.29 is 9.53 Å². The van der Waals surface area contributed by atoms with Crippen LogP contribution in [0, 0.1) is 17.2 Å². The first kappa shape index (κ1) is 15.6. The van der Waals surface area contributed by atoms with Crippen LogP contribution in [0.5, 0.6) is 0 Å². The zero-order valence-corrected chi connectivity index (χ0v) is 12.8. The second-order valence-corrected chi connectivity index (χ2v) is 5.86. The smallest absolute Gasteiger partial charge is 0.204 e. The van der Waals surface area contributed by atoms with E-state index in [1.165, 1.54) is 19.3 Å².